The third kappa shape index (κ3) is 6.56. The normalized spacial score (nSPS) is 16.5. The molecule has 164 valence electrons. The summed E-state index contributed by atoms with van der Waals surface area (Å²) in [5.41, 5.74) is 3.78. The van der Waals surface area contributed by atoms with E-state index in [1.165, 1.54) is 11.1 Å². The van der Waals surface area contributed by atoms with Gasteiger partial charge in [0.2, 0.25) is 0 Å². The molecule has 1 atom stereocenters. The van der Waals surface area contributed by atoms with Crippen molar-refractivity contribution in [2.45, 2.75) is 64.6 Å². The van der Waals surface area contributed by atoms with Crippen LogP contribution in [-0.4, -0.2) is 30.2 Å². The van der Waals surface area contributed by atoms with Gasteiger partial charge in [-0.3, -0.25) is 4.79 Å². The Kier molecular flexibility index (Phi) is 8.90. The van der Waals surface area contributed by atoms with Crippen molar-refractivity contribution in [2.24, 2.45) is 0 Å². The van der Waals surface area contributed by atoms with Crippen LogP contribution in [0.5, 0.6) is 0 Å². The lowest BCUT2D eigenvalue weighted by molar-refractivity contribution is -0.201. The first kappa shape index (κ1) is 24.4. The average Bonchev–Trinajstić information content (AvgIpc) is 2.73. The molecule has 1 unspecified atom stereocenters. The molecule has 1 heterocycles. The Morgan fingerprint density at radius 1 is 1.00 bits per heavy atom. The van der Waals surface area contributed by atoms with Crippen LogP contribution in [0, 0.1) is 0 Å². The van der Waals surface area contributed by atoms with Crippen molar-refractivity contribution in [3.63, 3.8) is 0 Å². The maximum atomic E-state index is 11.5. The minimum Gasteiger partial charge on any atom is -0.368 e. The van der Waals surface area contributed by atoms with E-state index in [0.29, 0.717) is 19.5 Å². The fourth-order valence-corrected chi connectivity index (χ4v) is 3.60. The standard InChI is InChI=1S/C25H33NO3.ClH/c1-5-23(27)29-26-17-15-22(16-18-26)28-24(19-9-7-6-8-10-19)20-11-13-21(14-12-20)25(2,3)4;/h6-14,22,24H,5,15-18H2,1-4H3;1H. The number of carbonyl (C=O) groups is 1. The Morgan fingerprint density at radius 3 is 2.10 bits per heavy atom. The first-order chi connectivity index (χ1) is 13.9. The van der Waals surface area contributed by atoms with E-state index < -0.39 is 0 Å². The molecular weight excluding hydrogens is 398 g/mol. The SMILES string of the molecule is CCC(=O)ON1CCC(OC(c2ccccc2)c2ccc(C(C)(C)C)cc2)CC1.Cl. The van der Waals surface area contributed by atoms with Crippen LogP contribution in [0.3, 0.4) is 0 Å². The zero-order chi connectivity index (χ0) is 20.9. The van der Waals surface area contributed by atoms with E-state index in [-0.39, 0.29) is 36.0 Å². The van der Waals surface area contributed by atoms with Crippen molar-refractivity contribution < 1.29 is 14.4 Å². The van der Waals surface area contributed by atoms with Crippen LogP contribution in [-0.2, 0) is 19.8 Å². The molecule has 3 rings (SSSR count). The topological polar surface area (TPSA) is 38.8 Å². The van der Waals surface area contributed by atoms with Crippen molar-refractivity contribution in [3.05, 3.63) is 71.3 Å². The van der Waals surface area contributed by atoms with Crippen molar-refractivity contribution in [3.8, 4) is 0 Å². The van der Waals surface area contributed by atoms with Gasteiger partial charge in [-0.15, -0.1) is 17.5 Å². The lowest BCUT2D eigenvalue weighted by Gasteiger charge is -2.33. The first-order valence-electron chi connectivity index (χ1n) is 10.6. The lowest BCUT2D eigenvalue weighted by Crippen LogP contribution is -2.38. The molecule has 1 fully saturated rings. The molecule has 0 bridgehead atoms. The van der Waals surface area contributed by atoms with Crippen molar-refractivity contribution in [2.75, 3.05) is 13.1 Å². The van der Waals surface area contributed by atoms with Crippen LogP contribution in [0.15, 0.2) is 54.6 Å². The summed E-state index contributed by atoms with van der Waals surface area (Å²) in [7, 11) is 0. The van der Waals surface area contributed by atoms with Crippen LogP contribution in [0.25, 0.3) is 0 Å². The van der Waals surface area contributed by atoms with Gasteiger partial charge >= 0.3 is 5.97 Å². The zero-order valence-electron chi connectivity index (χ0n) is 18.5. The number of benzene rings is 2. The average molecular weight is 432 g/mol. The molecule has 2 aromatic rings. The molecule has 0 N–H and O–H groups in total. The van der Waals surface area contributed by atoms with E-state index in [2.05, 4.69) is 69.3 Å². The summed E-state index contributed by atoms with van der Waals surface area (Å²) in [6, 6.07) is 19.2. The molecule has 0 spiro atoms. The highest BCUT2D eigenvalue weighted by Gasteiger charge is 2.26. The van der Waals surface area contributed by atoms with Gasteiger partial charge in [-0.2, -0.15) is 0 Å². The van der Waals surface area contributed by atoms with Gasteiger partial charge in [-0.1, -0.05) is 82.3 Å². The number of ether oxygens (including phenoxy) is 1. The summed E-state index contributed by atoms with van der Waals surface area (Å²) in [5.74, 6) is -0.175. The van der Waals surface area contributed by atoms with Gasteiger partial charge in [0.05, 0.1) is 6.10 Å². The second-order valence-electron chi connectivity index (χ2n) is 8.74. The van der Waals surface area contributed by atoms with Gasteiger partial charge in [-0.05, 0) is 34.9 Å². The smallest absolute Gasteiger partial charge is 0.324 e. The Labute approximate surface area is 186 Å². The number of hydrogen-bond acceptors (Lipinski definition) is 4. The Bertz CT molecular complexity index is 778. The second kappa shape index (κ2) is 10.9. The number of carbonyl (C=O) groups excluding carboxylic acids is 1. The number of hydroxylamine groups is 2. The summed E-state index contributed by atoms with van der Waals surface area (Å²) in [6.07, 6.45) is 2.14. The number of piperidine rings is 1. The largest absolute Gasteiger partial charge is 0.368 e. The number of hydrogen-bond donors (Lipinski definition) is 0. The molecule has 0 aliphatic carbocycles. The Morgan fingerprint density at radius 2 is 1.57 bits per heavy atom. The van der Waals surface area contributed by atoms with Gasteiger partial charge in [0.15, 0.2) is 0 Å². The van der Waals surface area contributed by atoms with E-state index in [0.717, 1.165) is 18.4 Å². The summed E-state index contributed by atoms with van der Waals surface area (Å²) in [6.45, 7) is 9.92. The van der Waals surface area contributed by atoms with E-state index in [1.54, 1.807) is 5.06 Å². The summed E-state index contributed by atoms with van der Waals surface area (Å²) < 4.78 is 6.60. The fourth-order valence-electron chi connectivity index (χ4n) is 3.60. The van der Waals surface area contributed by atoms with Crippen molar-refractivity contribution in [1.29, 1.82) is 0 Å². The Hall–Kier alpha value is -1.88. The predicted octanol–water partition coefficient (Wildman–Crippen LogP) is 5.84. The zero-order valence-corrected chi connectivity index (χ0v) is 19.3. The van der Waals surface area contributed by atoms with Crippen LogP contribution in [0.4, 0.5) is 0 Å². The number of halogens is 1. The molecule has 0 aromatic heterocycles. The van der Waals surface area contributed by atoms with Gasteiger partial charge in [0.25, 0.3) is 0 Å². The molecule has 0 amide bonds. The molecule has 1 aliphatic heterocycles. The molecular formula is C25H34ClNO3. The molecule has 0 radical (unpaired) electrons. The third-order valence-electron chi connectivity index (χ3n) is 5.43. The van der Waals surface area contributed by atoms with Gasteiger partial charge in [-0.25, -0.2) is 0 Å². The van der Waals surface area contributed by atoms with Crippen LogP contribution in [0.2, 0.25) is 0 Å². The van der Waals surface area contributed by atoms with Gasteiger partial charge < -0.3 is 9.57 Å². The van der Waals surface area contributed by atoms with E-state index in [4.69, 9.17) is 9.57 Å². The minimum atomic E-state index is -0.175. The van der Waals surface area contributed by atoms with E-state index in [1.807, 2.05) is 13.0 Å². The monoisotopic (exact) mass is 431 g/mol. The molecule has 4 nitrogen and oxygen atoms in total. The third-order valence-corrected chi connectivity index (χ3v) is 5.43. The molecule has 0 saturated carbocycles. The maximum Gasteiger partial charge on any atom is 0.324 e. The van der Waals surface area contributed by atoms with Crippen LogP contribution < -0.4 is 0 Å². The molecule has 1 saturated heterocycles. The highest BCUT2D eigenvalue weighted by molar-refractivity contribution is 5.85. The Balaban J connectivity index is 0.00000320. The van der Waals surface area contributed by atoms with E-state index in [9.17, 15) is 4.79 Å². The number of nitrogens with zero attached hydrogens (tertiary/aromatic N) is 1. The molecule has 1 aliphatic rings. The molecule has 5 heteroatoms. The predicted molar refractivity (Wildman–Crippen MR) is 123 cm³/mol. The first-order valence-corrected chi connectivity index (χ1v) is 10.6. The summed E-state index contributed by atoms with van der Waals surface area (Å²) in [4.78, 5) is 16.9. The quantitative estimate of drug-likeness (QED) is 0.575. The van der Waals surface area contributed by atoms with Crippen LogP contribution in [0.1, 0.15) is 69.8 Å². The van der Waals surface area contributed by atoms with Gasteiger partial charge in [0.1, 0.15) is 6.10 Å². The van der Waals surface area contributed by atoms with Gasteiger partial charge in [0, 0.05) is 19.5 Å². The minimum absolute atomic E-state index is 0. The summed E-state index contributed by atoms with van der Waals surface area (Å²) in [5, 5.41) is 1.77. The summed E-state index contributed by atoms with van der Waals surface area (Å²) >= 11 is 0. The highest BCUT2D eigenvalue weighted by atomic mass is 35.5. The fraction of sp³-hybridized carbons (Fsp3) is 0.480. The molecule has 2 aromatic carbocycles. The second-order valence-corrected chi connectivity index (χ2v) is 8.74. The highest BCUT2D eigenvalue weighted by Crippen LogP contribution is 2.32. The van der Waals surface area contributed by atoms with Crippen molar-refractivity contribution >= 4 is 18.4 Å². The lowest BCUT2D eigenvalue weighted by atomic mass is 9.86. The van der Waals surface area contributed by atoms with E-state index >= 15 is 0 Å². The van der Waals surface area contributed by atoms with Crippen molar-refractivity contribution in [1.82, 2.24) is 5.06 Å². The molecule has 30 heavy (non-hydrogen) atoms. The number of rotatable bonds is 6. The van der Waals surface area contributed by atoms with Crippen LogP contribution >= 0.6 is 12.4 Å². The maximum absolute atomic E-state index is 11.5.